The Kier molecular flexibility index (Phi) is 60.4. The summed E-state index contributed by atoms with van der Waals surface area (Å²) in [6.45, 7) is 1.60. The molecule has 614 valence electrons. The van der Waals surface area contributed by atoms with Crippen LogP contribution >= 0.6 is 0 Å². The Morgan fingerprint density at radius 1 is 0.346 bits per heavy atom. The number of aliphatic hydroxyl groups is 11. The van der Waals surface area contributed by atoms with E-state index in [-0.39, 0.29) is 18.9 Å². The van der Waals surface area contributed by atoms with Gasteiger partial charge in [0.05, 0.1) is 38.6 Å². The summed E-state index contributed by atoms with van der Waals surface area (Å²) in [4.78, 5) is 13.5. The Morgan fingerprint density at radius 2 is 0.654 bits per heavy atom. The van der Waals surface area contributed by atoms with Gasteiger partial charge in [0.1, 0.15) is 73.2 Å². The van der Waals surface area contributed by atoms with E-state index in [1.165, 1.54) is 135 Å². The van der Waals surface area contributed by atoms with Gasteiger partial charge in [-0.25, -0.2) is 0 Å². The van der Waals surface area contributed by atoms with Crippen molar-refractivity contribution in [2.75, 3.05) is 26.4 Å². The lowest BCUT2D eigenvalue weighted by molar-refractivity contribution is -0.379. The molecule has 12 N–H and O–H groups in total. The van der Waals surface area contributed by atoms with E-state index < -0.39 is 124 Å². The van der Waals surface area contributed by atoms with Crippen molar-refractivity contribution in [3.63, 3.8) is 0 Å². The number of hydrogen-bond acceptors (Lipinski definition) is 18. The molecule has 0 aromatic carbocycles. The van der Waals surface area contributed by atoms with E-state index in [0.717, 1.165) is 116 Å². The van der Waals surface area contributed by atoms with Crippen molar-refractivity contribution in [2.24, 2.45) is 0 Å². The molecule has 0 aromatic rings. The van der Waals surface area contributed by atoms with Crippen molar-refractivity contribution in [1.82, 2.24) is 5.32 Å². The van der Waals surface area contributed by atoms with Crippen molar-refractivity contribution < 1.29 is 89.4 Å². The number of ether oxygens (including phenoxy) is 6. The number of carbonyl (C=O) groups is 1. The Labute approximate surface area is 645 Å². The molecule has 0 spiro atoms. The van der Waals surface area contributed by atoms with Gasteiger partial charge < -0.3 is 89.9 Å². The molecule has 3 heterocycles. The first-order chi connectivity index (χ1) is 52.3. The third kappa shape index (κ3) is 45.9. The van der Waals surface area contributed by atoms with Gasteiger partial charge in [-0.3, -0.25) is 4.79 Å². The number of allylic oxidation sites excluding steroid dienone is 21. The molecule has 19 nitrogen and oxygen atoms in total. The van der Waals surface area contributed by atoms with Crippen molar-refractivity contribution in [3.05, 3.63) is 134 Å². The normalized spacial score (nSPS) is 26.2. The number of unbranched alkanes of at least 4 members (excludes halogenated alkanes) is 29. The minimum Gasteiger partial charge on any atom is -0.394 e. The molecule has 3 saturated heterocycles. The van der Waals surface area contributed by atoms with Gasteiger partial charge in [-0.05, 0) is 109 Å². The number of carbonyl (C=O) groups excluding carboxylic acids is 1. The van der Waals surface area contributed by atoms with Gasteiger partial charge in [0.15, 0.2) is 18.9 Å². The van der Waals surface area contributed by atoms with Crippen LogP contribution < -0.4 is 5.32 Å². The van der Waals surface area contributed by atoms with Gasteiger partial charge >= 0.3 is 0 Å². The molecule has 17 unspecified atom stereocenters. The molecule has 19 heteroatoms. The zero-order chi connectivity index (χ0) is 77.4. The molecule has 0 saturated carbocycles. The minimum absolute atomic E-state index is 0.206. The van der Waals surface area contributed by atoms with Gasteiger partial charge in [0, 0.05) is 6.42 Å². The lowest BCUT2D eigenvalue weighted by atomic mass is 9.96. The van der Waals surface area contributed by atoms with Gasteiger partial charge in [0.2, 0.25) is 5.91 Å². The molecule has 1 amide bonds. The maximum atomic E-state index is 13.5. The third-order valence-corrected chi connectivity index (χ3v) is 19.9. The summed E-state index contributed by atoms with van der Waals surface area (Å²) in [7, 11) is 0. The number of amides is 1. The number of rotatable bonds is 65. The molecule has 17 atom stereocenters. The summed E-state index contributed by atoms with van der Waals surface area (Å²) >= 11 is 0. The van der Waals surface area contributed by atoms with E-state index in [1.54, 1.807) is 6.08 Å². The maximum Gasteiger partial charge on any atom is 0.220 e. The lowest BCUT2D eigenvalue weighted by Gasteiger charge is -2.48. The van der Waals surface area contributed by atoms with Crippen LogP contribution in [0, 0.1) is 0 Å². The molecule has 3 aliphatic heterocycles. The summed E-state index contributed by atoms with van der Waals surface area (Å²) in [6.07, 6.45) is 68.7. The van der Waals surface area contributed by atoms with E-state index in [2.05, 4.69) is 141 Å². The highest BCUT2D eigenvalue weighted by Crippen LogP contribution is 2.33. The predicted octanol–water partition coefficient (Wildman–Crippen LogP) is 14.8. The summed E-state index contributed by atoms with van der Waals surface area (Å²) < 4.78 is 34.4. The van der Waals surface area contributed by atoms with Crippen LogP contribution in [0.25, 0.3) is 0 Å². The average Bonchev–Trinajstić information content (AvgIpc) is 0.780. The molecule has 107 heavy (non-hydrogen) atoms. The standard InChI is InChI=1S/C88H149NO18/c1-3-5-7-9-11-13-15-17-19-21-23-25-27-29-31-33-35-37-39-41-43-45-47-49-51-53-55-57-59-61-63-65-72(93)71(89-76(94)66-64-62-60-58-56-54-52-50-48-46-44-42-40-38-36-34-32-30-28-26-24-22-20-18-16-14-12-10-8-6-4-2)70-102-86-82(100)79(97)84(74(68-91)104-86)107-88-83(101)80(98)85(75(69-92)105-88)106-87-81(99)78(96)77(95)73(67-90)103-87/h6,8,12,14,18,20,24,26,30,32,36,38,42,44,47-50,55,57,63,65,71-75,77-88,90-93,95-101H,3-5,7,9-11,13,15-17,19,21-23,25,27-29,31,33-35,37,39-41,43,45-46,51-54,56,58-62,64,66-70H2,1-2H3,(H,89,94)/b8-6-,14-12-,20-18-,26-24-,32-30-,38-36-,44-42-,49-47+,50-48-,57-55+,65-63+. The van der Waals surface area contributed by atoms with Crippen molar-refractivity contribution in [2.45, 2.75) is 388 Å². The zero-order valence-electron chi connectivity index (χ0n) is 65.8. The molecule has 3 aliphatic rings. The first kappa shape index (κ1) is 97.1. The summed E-state index contributed by atoms with van der Waals surface area (Å²) in [5.74, 6) is -0.308. The van der Waals surface area contributed by atoms with Crippen LogP contribution in [0.3, 0.4) is 0 Å². The van der Waals surface area contributed by atoms with E-state index in [0.29, 0.717) is 12.8 Å². The van der Waals surface area contributed by atoms with E-state index >= 15 is 0 Å². The second-order valence-corrected chi connectivity index (χ2v) is 29.2. The highest BCUT2D eigenvalue weighted by atomic mass is 16.8. The minimum atomic E-state index is -1.99. The fraction of sp³-hybridized carbons (Fsp3) is 0.739. The van der Waals surface area contributed by atoms with Crippen molar-refractivity contribution in [3.8, 4) is 0 Å². The smallest absolute Gasteiger partial charge is 0.220 e. The highest BCUT2D eigenvalue weighted by molar-refractivity contribution is 5.76. The Balaban J connectivity index is 1.40. The highest BCUT2D eigenvalue weighted by Gasteiger charge is 2.54. The van der Waals surface area contributed by atoms with Crippen LogP contribution in [0.15, 0.2) is 134 Å². The maximum absolute atomic E-state index is 13.5. The van der Waals surface area contributed by atoms with Crippen LogP contribution in [0.1, 0.15) is 284 Å². The van der Waals surface area contributed by atoms with Crippen LogP contribution in [0.2, 0.25) is 0 Å². The third-order valence-electron chi connectivity index (χ3n) is 19.9. The number of aliphatic hydroxyl groups excluding tert-OH is 11. The average molecular weight is 1510 g/mol. The van der Waals surface area contributed by atoms with E-state index in [1.807, 2.05) is 6.08 Å². The molecule has 3 rings (SSSR count). The molecule has 0 radical (unpaired) electrons. The first-order valence-electron chi connectivity index (χ1n) is 41.9. The summed E-state index contributed by atoms with van der Waals surface area (Å²) in [6, 6.07) is -1.02. The molecule has 3 fully saturated rings. The van der Waals surface area contributed by atoms with Crippen molar-refractivity contribution >= 4 is 5.91 Å². The fourth-order valence-corrected chi connectivity index (χ4v) is 13.2. The second kappa shape index (κ2) is 66.5. The Morgan fingerprint density at radius 3 is 1.05 bits per heavy atom. The fourth-order valence-electron chi connectivity index (χ4n) is 13.2. The van der Waals surface area contributed by atoms with Crippen LogP contribution in [0.4, 0.5) is 0 Å². The molecular formula is C88H149NO18. The van der Waals surface area contributed by atoms with Gasteiger partial charge in [-0.2, -0.15) is 0 Å². The molecule has 0 aliphatic carbocycles. The molecule has 0 bridgehead atoms. The largest absolute Gasteiger partial charge is 0.394 e. The monoisotopic (exact) mass is 1510 g/mol. The van der Waals surface area contributed by atoms with Gasteiger partial charge in [0.25, 0.3) is 0 Å². The van der Waals surface area contributed by atoms with Crippen LogP contribution in [-0.2, 0) is 33.2 Å². The summed E-state index contributed by atoms with van der Waals surface area (Å²) in [5.41, 5.74) is 0. The van der Waals surface area contributed by atoms with Gasteiger partial charge in [-0.1, -0.05) is 302 Å². The number of nitrogens with one attached hydrogen (secondary N) is 1. The predicted molar refractivity (Wildman–Crippen MR) is 429 cm³/mol. The van der Waals surface area contributed by atoms with Gasteiger partial charge in [-0.15, -0.1) is 0 Å². The Hall–Kier alpha value is -4.07. The second-order valence-electron chi connectivity index (χ2n) is 29.2. The first-order valence-corrected chi connectivity index (χ1v) is 41.9. The van der Waals surface area contributed by atoms with Crippen LogP contribution in [-0.4, -0.2) is 193 Å². The van der Waals surface area contributed by atoms with E-state index in [4.69, 9.17) is 28.4 Å². The topological polar surface area (TPSA) is 307 Å². The quantitative estimate of drug-likeness (QED) is 0.0199. The number of hydrogen-bond donors (Lipinski definition) is 12. The lowest BCUT2D eigenvalue weighted by Crippen LogP contribution is -2.66. The zero-order valence-corrected chi connectivity index (χ0v) is 65.8. The van der Waals surface area contributed by atoms with Crippen molar-refractivity contribution in [1.29, 1.82) is 0 Å². The molecular weight excluding hydrogens is 1360 g/mol. The molecule has 0 aromatic heterocycles. The SMILES string of the molecule is CC/C=C\C/C=C\C/C=C\C/C=C\C/C=C\C/C=C\C/C=C\C/C=C\CCCCCCCCC(=O)NC(COC1OC(CO)C(OC2OC(CO)C(OC3OC(CO)C(O)C(O)C3O)C(O)C2O)C(O)C1O)C(O)/C=C/CC/C=C/CC/C=C/CCCCCCCCCCCCCCCCCCCCCCC. The Bertz CT molecular complexity index is 2450. The van der Waals surface area contributed by atoms with Crippen LogP contribution in [0.5, 0.6) is 0 Å². The summed E-state index contributed by atoms with van der Waals surface area (Å²) in [5, 5.41) is 121. The van der Waals surface area contributed by atoms with E-state index in [9.17, 15) is 61.0 Å².